The van der Waals surface area contributed by atoms with Crippen molar-refractivity contribution in [3.8, 4) is 34.2 Å². The number of hydrogen-bond acceptors (Lipinski definition) is 9. The molecule has 0 N–H and O–H groups in total. The molecule has 32 heavy (non-hydrogen) atoms. The number of hydrogen-bond donors (Lipinski definition) is 0. The van der Waals surface area contributed by atoms with E-state index in [2.05, 4.69) is 15.4 Å². The quantitative estimate of drug-likeness (QED) is 0.427. The van der Waals surface area contributed by atoms with Gasteiger partial charge in [0.1, 0.15) is 17.0 Å². The Balaban J connectivity index is 1.30. The first-order valence-electron chi connectivity index (χ1n) is 10.1. The second-order valence-corrected chi connectivity index (χ2v) is 7.12. The van der Waals surface area contributed by atoms with Gasteiger partial charge in [0, 0.05) is 12.0 Å². The van der Waals surface area contributed by atoms with E-state index in [-0.39, 0.29) is 18.4 Å². The van der Waals surface area contributed by atoms with Gasteiger partial charge in [-0.05, 0) is 25.1 Å². The molecule has 4 aromatic rings. The highest BCUT2D eigenvalue weighted by molar-refractivity contribution is 5.90. The van der Waals surface area contributed by atoms with E-state index in [1.54, 1.807) is 25.1 Å². The Morgan fingerprint density at radius 1 is 1.03 bits per heavy atom. The number of rotatable bonds is 5. The Bertz CT molecular complexity index is 1250. The van der Waals surface area contributed by atoms with Gasteiger partial charge in [0.15, 0.2) is 18.1 Å². The van der Waals surface area contributed by atoms with Gasteiger partial charge in [-0.15, -0.1) is 10.2 Å². The summed E-state index contributed by atoms with van der Waals surface area (Å²) in [5, 5.41) is 12.2. The summed E-state index contributed by atoms with van der Waals surface area (Å²) in [6.07, 6.45) is 0.783. The molecule has 1 aliphatic heterocycles. The Hall–Kier alpha value is -4.14. The molecular weight excluding hydrogens is 414 g/mol. The Kier molecular flexibility index (Phi) is 5.29. The van der Waals surface area contributed by atoms with Crippen LogP contribution in [0.25, 0.3) is 22.7 Å². The van der Waals surface area contributed by atoms with Crippen LogP contribution in [0.5, 0.6) is 11.5 Å². The summed E-state index contributed by atoms with van der Waals surface area (Å²) < 4.78 is 27.6. The molecule has 9 heteroatoms. The van der Waals surface area contributed by atoms with E-state index in [1.165, 1.54) is 0 Å². The molecule has 0 saturated heterocycles. The first-order chi connectivity index (χ1) is 15.7. The molecule has 0 atom stereocenters. The van der Waals surface area contributed by atoms with Crippen LogP contribution in [-0.2, 0) is 11.3 Å². The molecule has 0 saturated carbocycles. The van der Waals surface area contributed by atoms with Gasteiger partial charge in [-0.2, -0.15) is 0 Å². The predicted octanol–water partition coefficient (Wildman–Crippen LogP) is 4.22. The lowest BCUT2D eigenvalue weighted by Gasteiger charge is -2.08. The zero-order chi connectivity index (χ0) is 21.9. The molecule has 3 heterocycles. The number of ether oxygens (including phenoxy) is 3. The molecule has 0 amide bonds. The maximum atomic E-state index is 12.5. The summed E-state index contributed by atoms with van der Waals surface area (Å²) in [7, 11) is 0. The number of esters is 1. The van der Waals surface area contributed by atoms with Gasteiger partial charge >= 0.3 is 5.97 Å². The molecule has 0 bridgehead atoms. The Labute approximate surface area is 182 Å². The van der Waals surface area contributed by atoms with Crippen molar-refractivity contribution < 1.29 is 27.9 Å². The Morgan fingerprint density at radius 2 is 1.84 bits per heavy atom. The van der Waals surface area contributed by atoms with Crippen molar-refractivity contribution in [3.63, 3.8) is 0 Å². The molecule has 0 aliphatic carbocycles. The number of carbonyl (C=O) groups is 1. The third-order valence-electron chi connectivity index (χ3n) is 4.90. The van der Waals surface area contributed by atoms with Gasteiger partial charge in [0.2, 0.25) is 0 Å². The maximum Gasteiger partial charge on any atom is 0.338 e. The molecular formula is C23H19N3O6. The lowest BCUT2D eigenvalue weighted by molar-refractivity contribution is 0.0438. The average Bonchev–Trinajstić information content (AvgIpc) is 3.36. The van der Waals surface area contributed by atoms with Crippen LogP contribution in [0.3, 0.4) is 0 Å². The minimum absolute atomic E-state index is 0.155. The van der Waals surface area contributed by atoms with Crippen molar-refractivity contribution in [1.29, 1.82) is 0 Å². The van der Waals surface area contributed by atoms with Crippen LogP contribution in [0, 0.1) is 6.92 Å². The highest BCUT2D eigenvalue weighted by atomic mass is 16.5. The zero-order valence-corrected chi connectivity index (χ0v) is 17.2. The second kappa shape index (κ2) is 8.54. The molecule has 5 rings (SSSR count). The highest BCUT2D eigenvalue weighted by Crippen LogP contribution is 2.34. The molecule has 162 valence electrons. The number of aromatic nitrogens is 3. The third kappa shape index (κ3) is 3.92. The molecule has 0 radical (unpaired) electrons. The lowest BCUT2D eigenvalue weighted by Crippen LogP contribution is -2.06. The Morgan fingerprint density at radius 3 is 2.69 bits per heavy atom. The molecule has 0 fully saturated rings. The van der Waals surface area contributed by atoms with Crippen molar-refractivity contribution in [2.45, 2.75) is 20.0 Å². The fraction of sp³-hybridized carbons (Fsp3) is 0.217. The third-order valence-corrected chi connectivity index (χ3v) is 4.90. The van der Waals surface area contributed by atoms with Crippen LogP contribution in [0.2, 0.25) is 0 Å². The van der Waals surface area contributed by atoms with Crippen LogP contribution < -0.4 is 9.47 Å². The van der Waals surface area contributed by atoms with E-state index in [9.17, 15) is 4.79 Å². The fourth-order valence-electron chi connectivity index (χ4n) is 3.33. The molecule has 0 spiro atoms. The first-order valence-corrected chi connectivity index (χ1v) is 10.1. The summed E-state index contributed by atoms with van der Waals surface area (Å²) in [6.45, 7) is 2.70. The summed E-state index contributed by atoms with van der Waals surface area (Å²) in [6, 6.07) is 14.5. The van der Waals surface area contributed by atoms with E-state index >= 15 is 0 Å². The van der Waals surface area contributed by atoms with Crippen molar-refractivity contribution in [1.82, 2.24) is 15.4 Å². The van der Waals surface area contributed by atoms with E-state index in [0.717, 1.165) is 12.0 Å². The molecule has 2 aromatic heterocycles. The number of aryl methyl sites for hydroxylation is 1. The standard InChI is InChI=1S/C23H19N3O6/c1-14-20(21(26-32-14)15-6-3-2-4-7-15)22-25-24-19(31-22)13-30-23(27)16-8-9-17-18(12-16)29-11-5-10-28-17/h2-4,6-9,12H,5,10-11,13H2,1H3. The fourth-order valence-corrected chi connectivity index (χ4v) is 3.33. The van der Waals surface area contributed by atoms with Crippen molar-refractivity contribution >= 4 is 5.97 Å². The molecule has 9 nitrogen and oxygen atoms in total. The maximum absolute atomic E-state index is 12.5. The van der Waals surface area contributed by atoms with Crippen LogP contribution in [0.1, 0.15) is 28.4 Å². The van der Waals surface area contributed by atoms with E-state index in [0.29, 0.717) is 47.3 Å². The SMILES string of the molecule is Cc1onc(-c2ccccc2)c1-c1nnc(COC(=O)c2ccc3c(c2)OCCCO3)o1. The number of carbonyl (C=O) groups excluding carboxylic acids is 1. The lowest BCUT2D eigenvalue weighted by atomic mass is 10.1. The summed E-state index contributed by atoms with van der Waals surface area (Å²) >= 11 is 0. The minimum Gasteiger partial charge on any atom is -0.490 e. The number of nitrogens with zero attached hydrogens (tertiary/aromatic N) is 3. The van der Waals surface area contributed by atoms with Crippen LogP contribution >= 0.6 is 0 Å². The van der Waals surface area contributed by atoms with Crippen molar-refractivity contribution in [2.24, 2.45) is 0 Å². The van der Waals surface area contributed by atoms with Gasteiger partial charge in [-0.3, -0.25) is 0 Å². The molecule has 0 unspecified atom stereocenters. The van der Waals surface area contributed by atoms with Crippen LogP contribution in [0.15, 0.2) is 57.5 Å². The van der Waals surface area contributed by atoms with Crippen LogP contribution in [0.4, 0.5) is 0 Å². The van der Waals surface area contributed by atoms with Gasteiger partial charge in [0.05, 0.1) is 18.8 Å². The van der Waals surface area contributed by atoms with Crippen molar-refractivity contribution in [2.75, 3.05) is 13.2 Å². The normalized spacial score (nSPS) is 12.9. The molecule has 1 aliphatic rings. The van der Waals surface area contributed by atoms with Gasteiger partial charge in [0.25, 0.3) is 11.8 Å². The monoisotopic (exact) mass is 433 g/mol. The zero-order valence-electron chi connectivity index (χ0n) is 17.2. The number of benzene rings is 2. The van der Waals surface area contributed by atoms with E-state index < -0.39 is 5.97 Å². The summed E-state index contributed by atoms with van der Waals surface area (Å²) in [5.74, 6) is 1.54. The van der Waals surface area contributed by atoms with Gasteiger partial charge in [-0.25, -0.2) is 4.79 Å². The van der Waals surface area contributed by atoms with Gasteiger partial charge in [-0.1, -0.05) is 35.5 Å². The van der Waals surface area contributed by atoms with Crippen molar-refractivity contribution in [3.05, 3.63) is 65.7 Å². The smallest absolute Gasteiger partial charge is 0.338 e. The predicted molar refractivity (Wildman–Crippen MR) is 111 cm³/mol. The van der Waals surface area contributed by atoms with E-state index in [1.807, 2.05) is 30.3 Å². The van der Waals surface area contributed by atoms with Gasteiger partial charge < -0.3 is 23.2 Å². The first kappa shape index (κ1) is 19.8. The largest absolute Gasteiger partial charge is 0.490 e. The highest BCUT2D eigenvalue weighted by Gasteiger charge is 2.22. The van der Waals surface area contributed by atoms with E-state index in [4.69, 9.17) is 23.2 Å². The summed E-state index contributed by atoms with van der Waals surface area (Å²) in [5.41, 5.74) is 2.40. The minimum atomic E-state index is -0.536. The van der Waals surface area contributed by atoms with Crippen LogP contribution in [-0.4, -0.2) is 34.5 Å². The topological polar surface area (TPSA) is 110 Å². The average molecular weight is 433 g/mol. The number of fused-ring (bicyclic) bond motifs is 1. The summed E-state index contributed by atoms with van der Waals surface area (Å²) in [4.78, 5) is 12.5. The molecule has 2 aromatic carbocycles. The second-order valence-electron chi connectivity index (χ2n) is 7.12.